The number of carbonyl (C=O) groups is 2. The Morgan fingerprint density at radius 3 is 2.72 bits per heavy atom. The lowest BCUT2D eigenvalue weighted by atomic mass is 9.84. The van der Waals surface area contributed by atoms with E-state index in [4.69, 9.17) is 9.84 Å². The molecule has 5 nitrogen and oxygen atoms in total. The molecule has 1 aromatic carbocycles. The minimum Gasteiger partial charge on any atom is -0.481 e. The van der Waals surface area contributed by atoms with Crippen LogP contribution in [0.15, 0.2) is 11.6 Å². The fraction of sp³-hybridized carbons (Fsp3) is 0.450. The van der Waals surface area contributed by atoms with Gasteiger partial charge in [0.25, 0.3) is 0 Å². The first-order valence-electron chi connectivity index (χ1n) is 8.56. The van der Waals surface area contributed by atoms with Gasteiger partial charge in [0.05, 0.1) is 11.1 Å². The summed E-state index contributed by atoms with van der Waals surface area (Å²) in [6, 6.07) is 2.23. The highest BCUT2D eigenvalue weighted by Crippen LogP contribution is 2.47. The van der Waals surface area contributed by atoms with Crippen LogP contribution in [0.25, 0.3) is 0 Å². The van der Waals surface area contributed by atoms with Gasteiger partial charge in [-0.2, -0.15) is 5.26 Å². The molecule has 0 atom stereocenters. The Morgan fingerprint density at radius 2 is 2.12 bits per heavy atom. The Balaban J connectivity index is 2.03. The van der Waals surface area contributed by atoms with Gasteiger partial charge in [0.15, 0.2) is 0 Å². The van der Waals surface area contributed by atoms with Gasteiger partial charge in [0.2, 0.25) is 0 Å². The number of hydrogen-bond donors (Lipinski definition) is 1. The molecular formula is C20H21NO4. The van der Waals surface area contributed by atoms with E-state index in [1.54, 1.807) is 0 Å². The van der Waals surface area contributed by atoms with E-state index in [9.17, 15) is 14.9 Å². The molecule has 25 heavy (non-hydrogen) atoms. The highest BCUT2D eigenvalue weighted by atomic mass is 16.5. The van der Waals surface area contributed by atoms with Crippen LogP contribution in [-0.2, 0) is 22.6 Å². The summed E-state index contributed by atoms with van der Waals surface area (Å²) in [4.78, 5) is 22.8. The Bertz CT molecular complexity index is 825. The molecule has 1 aromatic rings. The van der Waals surface area contributed by atoms with Crippen molar-refractivity contribution >= 4 is 11.9 Å². The van der Waals surface area contributed by atoms with E-state index < -0.39 is 11.9 Å². The van der Waals surface area contributed by atoms with Crippen molar-refractivity contribution in [3.8, 4) is 6.07 Å². The molecule has 1 aliphatic heterocycles. The van der Waals surface area contributed by atoms with E-state index in [-0.39, 0.29) is 13.0 Å². The molecule has 0 aromatic heterocycles. The molecule has 0 radical (unpaired) electrons. The lowest BCUT2D eigenvalue weighted by Gasteiger charge is -2.17. The molecule has 2 aliphatic rings. The lowest BCUT2D eigenvalue weighted by molar-refractivity contribution is -0.136. The number of hydrogen-bond acceptors (Lipinski definition) is 4. The third-order valence-corrected chi connectivity index (χ3v) is 5.07. The van der Waals surface area contributed by atoms with Crippen LogP contribution in [0.2, 0.25) is 0 Å². The predicted octanol–water partition coefficient (Wildman–Crippen LogP) is 3.77. The maximum Gasteiger partial charge on any atom is 0.340 e. The number of nitriles is 1. The summed E-state index contributed by atoms with van der Waals surface area (Å²) < 4.78 is 5.18. The molecule has 1 heterocycles. The van der Waals surface area contributed by atoms with Crippen molar-refractivity contribution in [2.75, 3.05) is 0 Å². The van der Waals surface area contributed by atoms with Crippen LogP contribution in [0, 0.1) is 18.3 Å². The first-order chi connectivity index (χ1) is 11.9. The number of rotatable bonds is 6. The Labute approximate surface area is 146 Å². The Hall–Kier alpha value is -2.61. The molecule has 0 spiro atoms. The van der Waals surface area contributed by atoms with Crippen LogP contribution in [0.4, 0.5) is 0 Å². The number of esters is 1. The molecule has 0 amide bonds. The number of allylic oxidation sites excluding steroid dienone is 2. The average molecular weight is 339 g/mol. The number of ether oxygens (including phenoxy) is 1. The molecule has 0 unspecified atom stereocenters. The molecule has 1 aliphatic carbocycles. The molecule has 3 rings (SSSR count). The van der Waals surface area contributed by atoms with Gasteiger partial charge in [0, 0.05) is 12.0 Å². The number of carbonyl (C=O) groups excluding carboxylic acids is 1. The second-order valence-electron chi connectivity index (χ2n) is 6.86. The molecule has 1 N–H and O–H groups in total. The van der Waals surface area contributed by atoms with Crippen molar-refractivity contribution in [3.63, 3.8) is 0 Å². The SMILES string of the molecule is CC(=CCc1c(C#N)c2c(c(C)c1C1CC1)COC2=O)CCC(=O)O. The molecule has 0 bridgehead atoms. The minimum atomic E-state index is -0.819. The van der Waals surface area contributed by atoms with Crippen molar-refractivity contribution in [1.82, 2.24) is 0 Å². The average Bonchev–Trinajstić information content (AvgIpc) is 3.33. The largest absolute Gasteiger partial charge is 0.481 e. The fourth-order valence-electron chi connectivity index (χ4n) is 3.57. The van der Waals surface area contributed by atoms with Gasteiger partial charge in [-0.3, -0.25) is 4.79 Å². The highest BCUT2D eigenvalue weighted by molar-refractivity contribution is 5.97. The summed E-state index contributed by atoms with van der Waals surface area (Å²) in [6.45, 7) is 4.17. The topological polar surface area (TPSA) is 87.4 Å². The minimum absolute atomic E-state index is 0.0957. The van der Waals surface area contributed by atoms with Crippen molar-refractivity contribution in [3.05, 3.63) is 45.0 Å². The number of aliphatic carboxylic acids is 1. The predicted molar refractivity (Wildman–Crippen MR) is 91.3 cm³/mol. The molecule has 1 saturated carbocycles. The summed E-state index contributed by atoms with van der Waals surface area (Å²) in [6.07, 6.45) is 5.32. The second-order valence-corrected chi connectivity index (χ2v) is 6.86. The van der Waals surface area contributed by atoms with Crippen LogP contribution in [0.1, 0.15) is 76.7 Å². The number of nitrogens with zero attached hydrogens (tertiary/aromatic N) is 1. The Kier molecular flexibility index (Phi) is 4.63. The normalized spacial score (nSPS) is 16.4. The first-order valence-corrected chi connectivity index (χ1v) is 8.56. The molecule has 130 valence electrons. The highest BCUT2D eigenvalue weighted by Gasteiger charge is 2.36. The van der Waals surface area contributed by atoms with E-state index in [0.29, 0.717) is 29.9 Å². The Morgan fingerprint density at radius 1 is 1.40 bits per heavy atom. The van der Waals surface area contributed by atoms with E-state index in [1.165, 1.54) is 5.56 Å². The number of benzene rings is 1. The van der Waals surface area contributed by atoms with Crippen molar-refractivity contribution in [1.29, 1.82) is 5.26 Å². The summed E-state index contributed by atoms with van der Waals surface area (Å²) in [5.41, 5.74) is 5.88. The first kappa shape index (κ1) is 17.2. The third kappa shape index (κ3) is 3.30. The summed E-state index contributed by atoms with van der Waals surface area (Å²) in [5, 5.41) is 18.5. The van der Waals surface area contributed by atoms with Gasteiger partial charge in [-0.15, -0.1) is 0 Å². The summed E-state index contributed by atoms with van der Waals surface area (Å²) >= 11 is 0. The van der Waals surface area contributed by atoms with Gasteiger partial charge < -0.3 is 9.84 Å². The van der Waals surface area contributed by atoms with Crippen molar-refractivity contribution in [2.24, 2.45) is 0 Å². The molecule has 1 fully saturated rings. The van der Waals surface area contributed by atoms with Crippen molar-refractivity contribution < 1.29 is 19.4 Å². The van der Waals surface area contributed by atoms with Crippen LogP contribution in [0.5, 0.6) is 0 Å². The number of cyclic esters (lactones) is 1. The molecule has 5 heteroatoms. The van der Waals surface area contributed by atoms with Crippen LogP contribution < -0.4 is 0 Å². The molecule has 0 saturated heterocycles. The number of carboxylic acid groups (broad SMARTS) is 1. The van der Waals surface area contributed by atoms with E-state index >= 15 is 0 Å². The fourth-order valence-corrected chi connectivity index (χ4v) is 3.57. The van der Waals surface area contributed by atoms with Crippen LogP contribution in [-0.4, -0.2) is 17.0 Å². The zero-order chi connectivity index (χ0) is 18.1. The second kappa shape index (κ2) is 6.72. The standard InChI is InChI=1S/C20H21NO4/c1-11(4-8-17(22)23)3-7-14-15(9-21)19-16(10-25-20(19)24)12(2)18(14)13-5-6-13/h3,13H,4-8,10H2,1-2H3,(H,22,23). The smallest absolute Gasteiger partial charge is 0.340 e. The third-order valence-electron chi connectivity index (χ3n) is 5.07. The monoisotopic (exact) mass is 339 g/mol. The summed E-state index contributed by atoms with van der Waals surface area (Å²) in [5.74, 6) is -0.777. The molecular weight excluding hydrogens is 318 g/mol. The maximum absolute atomic E-state index is 12.1. The van der Waals surface area contributed by atoms with Crippen molar-refractivity contribution in [2.45, 2.75) is 58.5 Å². The zero-order valence-corrected chi connectivity index (χ0v) is 14.5. The summed E-state index contributed by atoms with van der Waals surface area (Å²) in [7, 11) is 0. The van der Waals surface area contributed by atoms with Crippen LogP contribution in [0.3, 0.4) is 0 Å². The number of carboxylic acids is 1. The van der Waals surface area contributed by atoms with Crippen LogP contribution >= 0.6 is 0 Å². The van der Waals surface area contributed by atoms with Gasteiger partial charge in [-0.1, -0.05) is 11.6 Å². The zero-order valence-electron chi connectivity index (χ0n) is 14.5. The van der Waals surface area contributed by atoms with E-state index in [2.05, 4.69) is 6.07 Å². The maximum atomic E-state index is 12.1. The van der Waals surface area contributed by atoms with E-state index in [0.717, 1.165) is 35.1 Å². The number of fused-ring (bicyclic) bond motifs is 1. The van der Waals surface area contributed by atoms with Gasteiger partial charge in [-0.25, -0.2) is 4.79 Å². The van der Waals surface area contributed by atoms with Gasteiger partial charge in [-0.05, 0) is 62.1 Å². The lowest BCUT2D eigenvalue weighted by Crippen LogP contribution is -2.08. The van der Waals surface area contributed by atoms with Gasteiger partial charge in [0.1, 0.15) is 12.7 Å². The van der Waals surface area contributed by atoms with Gasteiger partial charge >= 0.3 is 11.9 Å². The quantitative estimate of drug-likeness (QED) is 0.629. The van der Waals surface area contributed by atoms with E-state index in [1.807, 2.05) is 19.9 Å².